The van der Waals surface area contributed by atoms with Crippen LogP contribution in [0.25, 0.3) is 0 Å². The summed E-state index contributed by atoms with van der Waals surface area (Å²) in [6.07, 6.45) is -1.89. The van der Waals surface area contributed by atoms with Crippen LogP contribution in [-0.4, -0.2) is 49.2 Å². The molecule has 8 heteroatoms. The van der Waals surface area contributed by atoms with Gasteiger partial charge in [-0.15, -0.1) is 0 Å². The lowest BCUT2D eigenvalue weighted by Crippen LogP contribution is -2.42. The van der Waals surface area contributed by atoms with Crippen molar-refractivity contribution in [3.63, 3.8) is 0 Å². The predicted molar refractivity (Wildman–Crippen MR) is 123 cm³/mol. The van der Waals surface area contributed by atoms with Crippen LogP contribution in [0.4, 0.5) is 5.69 Å². The van der Waals surface area contributed by atoms with Crippen molar-refractivity contribution in [2.24, 2.45) is 0 Å². The van der Waals surface area contributed by atoms with Crippen molar-refractivity contribution < 1.29 is 28.6 Å². The number of nitrogens with zero attached hydrogens (tertiary/aromatic N) is 1. The third-order valence-corrected chi connectivity index (χ3v) is 5.01. The molecule has 176 valence electrons. The first kappa shape index (κ1) is 24.3. The quantitative estimate of drug-likeness (QED) is 0.486. The van der Waals surface area contributed by atoms with E-state index >= 15 is 0 Å². The van der Waals surface area contributed by atoms with Gasteiger partial charge in [-0.3, -0.25) is 19.3 Å². The number of hydrogen-bond donors (Lipinski definition) is 1. The fourth-order valence-corrected chi connectivity index (χ4v) is 3.34. The Kier molecular flexibility index (Phi) is 7.38. The normalized spacial score (nSPS) is 18.1. The van der Waals surface area contributed by atoms with Crippen LogP contribution in [0.5, 0.6) is 5.75 Å². The first-order valence-corrected chi connectivity index (χ1v) is 10.8. The molecule has 0 aliphatic carbocycles. The molecule has 33 heavy (non-hydrogen) atoms. The molecule has 8 nitrogen and oxygen atoms in total. The summed E-state index contributed by atoms with van der Waals surface area (Å²) in [6, 6.07) is 16.0. The van der Waals surface area contributed by atoms with Crippen LogP contribution in [0.1, 0.15) is 39.3 Å². The molecular weight excluding hydrogens is 424 g/mol. The molecule has 3 rings (SSSR count). The smallest absolute Gasteiger partial charge is 0.326 e. The number of amides is 2. The number of epoxide rings is 1. The van der Waals surface area contributed by atoms with E-state index in [1.165, 1.54) is 12.0 Å². The molecule has 0 radical (unpaired) electrons. The summed E-state index contributed by atoms with van der Waals surface area (Å²) < 4.78 is 16.0. The Balaban J connectivity index is 1.70. The van der Waals surface area contributed by atoms with E-state index in [0.717, 1.165) is 5.56 Å². The monoisotopic (exact) mass is 454 g/mol. The van der Waals surface area contributed by atoms with Crippen molar-refractivity contribution in [1.82, 2.24) is 5.32 Å². The Hall–Kier alpha value is -3.39. The topological polar surface area (TPSA) is 97.5 Å². The lowest BCUT2D eigenvalue weighted by Gasteiger charge is -2.25. The number of benzene rings is 2. The van der Waals surface area contributed by atoms with Gasteiger partial charge in [-0.25, -0.2) is 0 Å². The Morgan fingerprint density at radius 3 is 2.24 bits per heavy atom. The number of methoxy groups -OCH3 is 1. The Bertz CT molecular complexity index is 984. The van der Waals surface area contributed by atoms with Gasteiger partial charge in [0.1, 0.15) is 17.9 Å². The number of hydrogen-bond acceptors (Lipinski definition) is 6. The number of esters is 1. The summed E-state index contributed by atoms with van der Waals surface area (Å²) in [4.78, 5) is 39.6. The lowest BCUT2D eigenvalue weighted by atomic mass is 10.1. The molecule has 0 unspecified atom stereocenters. The Labute approximate surface area is 193 Å². The standard InChI is InChI=1S/C25H30N2O6/c1-16(17-9-7-6-8-10-17)26-23(29)21-22(32-21)24(30)27(15-20(28)33-25(2,3)4)18-11-13-19(31-5)14-12-18/h6-14,16,21-22H,15H2,1-5H3,(H,26,29)/t16-,21-,22+/m0/s1. The first-order chi connectivity index (χ1) is 15.6. The van der Waals surface area contributed by atoms with E-state index in [4.69, 9.17) is 14.2 Å². The van der Waals surface area contributed by atoms with E-state index < -0.39 is 29.7 Å². The number of rotatable bonds is 8. The summed E-state index contributed by atoms with van der Waals surface area (Å²) >= 11 is 0. The predicted octanol–water partition coefficient (Wildman–Crippen LogP) is 3.01. The van der Waals surface area contributed by atoms with Gasteiger partial charge in [0.25, 0.3) is 11.8 Å². The Morgan fingerprint density at radius 2 is 1.67 bits per heavy atom. The zero-order chi connectivity index (χ0) is 24.2. The zero-order valence-electron chi connectivity index (χ0n) is 19.5. The van der Waals surface area contributed by atoms with Gasteiger partial charge in [0.15, 0.2) is 12.2 Å². The fourth-order valence-electron chi connectivity index (χ4n) is 3.34. The van der Waals surface area contributed by atoms with Gasteiger partial charge in [-0.05, 0) is 57.5 Å². The highest BCUT2D eigenvalue weighted by atomic mass is 16.6. The molecule has 2 aromatic rings. The second kappa shape index (κ2) is 10.0. The van der Waals surface area contributed by atoms with Gasteiger partial charge in [-0.1, -0.05) is 30.3 Å². The minimum atomic E-state index is -0.975. The number of carbonyl (C=O) groups excluding carboxylic acids is 3. The van der Waals surface area contributed by atoms with Gasteiger partial charge in [0, 0.05) is 5.69 Å². The number of nitrogens with one attached hydrogen (secondary N) is 1. The third-order valence-electron chi connectivity index (χ3n) is 5.01. The molecule has 0 aromatic heterocycles. The van der Waals surface area contributed by atoms with Crippen LogP contribution < -0.4 is 15.0 Å². The lowest BCUT2D eigenvalue weighted by molar-refractivity contribution is -0.153. The zero-order valence-corrected chi connectivity index (χ0v) is 19.5. The molecule has 1 saturated heterocycles. The summed E-state index contributed by atoms with van der Waals surface area (Å²) in [7, 11) is 1.54. The van der Waals surface area contributed by atoms with Crippen LogP contribution in [0.2, 0.25) is 0 Å². The largest absolute Gasteiger partial charge is 0.497 e. The molecule has 0 saturated carbocycles. The molecule has 2 amide bonds. The van der Waals surface area contributed by atoms with E-state index in [9.17, 15) is 14.4 Å². The molecule has 1 aliphatic rings. The maximum Gasteiger partial charge on any atom is 0.326 e. The maximum atomic E-state index is 13.2. The van der Waals surface area contributed by atoms with Crippen LogP contribution in [0.15, 0.2) is 54.6 Å². The second-order valence-electron chi connectivity index (χ2n) is 8.83. The number of anilines is 1. The molecule has 1 N–H and O–H groups in total. The van der Waals surface area contributed by atoms with Gasteiger partial charge < -0.3 is 19.5 Å². The average Bonchev–Trinajstić information content (AvgIpc) is 3.58. The van der Waals surface area contributed by atoms with Crippen molar-refractivity contribution in [1.29, 1.82) is 0 Å². The minimum absolute atomic E-state index is 0.238. The molecule has 0 bridgehead atoms. The highest BCUT2D eigenvalue weighted by molar-refractivity contribution is 6.05. The second-order valence-corrected chi connectivity index (χ2v) is 8.83. The van der Waals surface area contributed by atoms with E-state index in [0.29, 0.717) is 11.4 Å². The van der Waals surface area contributed by atoms with E-state index in [-0.39, 0.29) is 18.5 Å². The van der Waals surface area contributed by atoms with Gasteiger partial charge in [0.2, 0.25) is 0 Å². The van der Waals surface area contributed by atoms with Crippen molar-refractivity contribution in [3.8, 4) is 5.75 Å². The van der Waals surface area contributed by atoms with Gasteiger partial charge in [0.05, 0.1) is 13.2 Å². The van der Waals surface area contributed by atoms with Crippen molar-refractivity contribution in [2.45, 2.75) is 51.5 Å². The summed E-state index contributed by atoms with van der Waals surface area (Å²) in [5, 5.41) is 2.87. The molecule has 2 aromatic carbocycles. The molecule has 1 fully saturated rings. The molecular formula is C25H30N2O6. The van der Waals surface area contributed by atoms with Crippen LogP contribution in [0, 0.1) is 0 Å². The van der Waals surface area contributed by atoms with Gasteiger partial charge in [-0.2, -0.15) is 0 Å². The molecule has 0 spiro atoms. The summed E-state index contributed by atoms with van der Waals surface area (Å²) in [6.45, 7) is 6.81. The van der Waals surface area contributed by atoms with E-state index in [1.54, 1.807) is 45.0 Å². The Morgan fingerprint density at radius 1 is 1.03 bits per heavy atom. The van der Waals surface area contributed by atoms with E-state index in [2.05, 4.69) is 5.32 Å². The molecule has 1 heterocycles. The maximum absolute atomic E-state index is 13.2. The third kappa shape index (κ3) is 6.55. The number of ether oxygens (including phenoxy) is 3. The van der Waals surface area contributed by atoms with Crippen molar-refractivity contribution in [3.05, 3.63) is 60.2 Å². The minimum Gasteiger partial charge on any atom is -0.497 e. The fraction of sp³-hybridized carbons (Fsp3) is 0.400. The van der Waals surface area contributed by atoms with Crippen LogP contribution in [0.3, 0.4) is 0 Å². The van der Waals surface area contributed by atoms with Crippen molar-refractivity contribution in [2.75, 3.05) is 18.6 Å². The molecule has 1 aliphatic heterocycles. The average molecular weight is 455 g/mol. The van der Waals surface area contributed by atoms with Crippen molar-refractivity contribution >= 4 is 23.5 Å². The first-order valence-electron chi connectivity index (χ1n) is 10.8. The van der Waals surface area contributed by atoms with Crippen LogP contribution in [-0.2, 0) is 23.9 Å². The van der Waals surface area contributed by atoms with Crippen LogP contribution >= 0.6 is 0 Å². The summed E-state index contributed by atoms with van der Waals surface area (Å²) in [5.74, 6) is -0.820. The SMILES string of the molecule is COc1ccc(N(CC(=O)OC(C)(C)C)C(=O)[C@@H]2O[C@@H]2C(=O)N[C@@H](C)c2ccccc2)cc1. The summed E-state index contributed by atoms with van der Waals surface area (Å²) in [5.41, 5.74) is 0.718. The van der Waals surface area contributed by atoms with Gasteiger partial charge >= 0.3 is 5.97 Å². The van der Waals surface area contributed by atoms with E-state index in [1.807, 2.05) is 37.3 Å². The number of carbonyl (C=O) groups is 3. The highest BCUT2D eigenvalue weighted by Crippen LogP contribution is 2.29. The highest BCUT2D eigenvalue weighted by Gasteiger charge is 2.52. The molecule has 3 atom stereocenters.